The van der Waals surface area contributed by atoms with Crippen LogP contribution in [0.4, 0.5) is 4.39 Å². The van der Waals surface area contributed by atoms with E-state index in [1.807, 2.05) is 12.1 Å². The number of nitrogens with zero attached hydrogens (tertiary/aromatic N) is 1. The Labute approximate surface area is 143 Å². The molecule has 1 N–H and O–H groups in total. The van der Waals surface area contributed by atoms with Crippen LogP contribution in [0.25, 0.3) is 0 Å². The third-order valence-electron chi connectivity index (χ3n) is 5.12. The largest absolute Gasteiger partial charge is 0.355 e. The van der Waals surface area contributed by atoms with Crippen LogP contribution in [0.2, 0.25) is 0 Å². The summed E-state index contributed by atoms with van der Waals surface area (Å²) in [4.78, 5) is 14.5. The highest BCUT2D eigenvalue weighted by atomic mass is 19.1. The molecule has 1 saturated heterocycles. The first-order chi connectivity index (χ1) is 11.7. The van der Waals surface area contributed by atoms with Crippen molar-refractivity contribution in [3.63, 3.8) is 0 Å². The minimum Gasteiger partial charge on any atom is -0.355 e. The van der Waals surface area contributed by atoms with Gasteiger partial charge in [0.1, 0.15) is 5.82 Å². The SMILES string of the molecule is O=C(CN1CCCC1c1ccc(F)cc1)NCCC1=CCCCC1. The number of carbonyl (C=O) groups is 1. The first-order valence-corrected chi connectivity index (χ1v) is 9.16. The number of amides is 1. The van der Waals surface area contributed by atoms with Crippen molar-refractivity contribution in [3.8, 4) is 0 Å². The molecule has 1 atom stereocenters. The Bertz CT molecular complexity index is 582. The van der Waals surface area contributed by atoms with E-state index < -0.39 is 0 Å². The van der Waals surface area contributed by atoms with Gasteiger partial charge in [0.05, 0.1) is 6.54 Å². The second-order valence-corrected chi connectivity index (χ2v) is 6.89. The van der Waals surface area contributed by atoms with Crippen molar-refractivity contribution in [3.05, 3.63) is 47.3 Å². The first kappa shape index (κ1) is 17.2. The Morgan fingerprint density at radius 1 is 1.21 bits per heavy atom. The van der Waals surface area contributed by atoms with Crippen LogP contribution in [-0.4, -0.2) is 30.4 Å². The maximum Gasteiger partial charge on any atom is 0.234 e. The summed E-state index contributed by atoms with van der Waals surface area (Å²) in [7, 11) is 0. The van der Waals surface area contributed by atoms with Gasteiger partial charge in [-0.25, -0.2) is 4.39 Å². The van der Waals surface area contributed by atoms with E-state index in [2.05, 4.69) is 16.3 Å². The van der Waals surface area contributed by atoms with E-state index in [4.69, 9.17) is 0 Å². The average Bonchev–Trinajstić information content (AvgIpc) is 3.04. The van der Waals surface area contributed by atoms with Gasteiger partial charge in [-0.05, 0) is 69.2 Å². The number of hydrogen-bond acceptors (Lipinski definition) is 2. The third-order valence-corrected chi connectivity index (χ3v) is 5.12. The standard InChI is InChI=1S/C20H27FN2O/c21-18-10-8-17(9-11-18)19-7-4-14-23(19)15-20(24)22-13-12-16-5-2-1-3-6-16/h5,8-11,19H,1-4,6-7,12-15H2,(H,22,24). The van der Waals surface area contributed by atoms with Gasteiger partial charge in [0.2, 0.25) is 5.91 Å². The van der Waals surface area contributed by atoms with E-state index in [1.54, 1.807) is 0 Å². The highest BCUT2D eigenvalue weighted by Crippen LogP contribution is 2.31. The van der Waals surface area contributed by atoms with Gasteiger partial charge in [0.15, 0.2) is 0 Å². The Hall–Kier alpha value is -1.68. The maximum absolute atomic E-state index is 13.1. The first-order valence-electron chi connectivity index (χ1n) is 9.16. The number of carbonyl (C=O) groups excluding carboxylic acids is 1. The van der Waals surface area contributed by atoms with E-state index in [-0.39, 0.29) is 17.8 Å². The van der Waals surface area contributed by atoms with Crippen molar-refractivity contribution in [2.45, 2.75) is 51.0 Å². The molecule has 1 aliphatic heterocycles. The molecule has 1 fully saturated rings. The van der Waals surface area contributed by atoms with Crippen molar-refractivity contribution < 1.29 is 9.18 Å². The minimum atomic E-state index is -0.210. The molecule has 130 valence electrons. The van der Waals surface area contributed by atoms with Crippen molar-refractivity contribution in [1.29, 1.82) is 0 Å². The van der Waals surface area contributed by atoms with Crippen LogP contribution in [0, 0.1) is 5.82 Å². The van der Waals surface area contributed by atoms with Gasteiger partial charge in [-0.1, -0.05) is 23.8 Å². The van der Waals surface area contributed by atoms with Gasteiger partial charge in [0, 0.05) is 12.6 Å². The molecule has 0 radical (unpaired) electrons. The molecule has 0 bridgehead atoms. The van der Waals surface area contributed by atoms with Crippen LogP contribution in [-0.2, 0) is 4.79 Å². The lowest BCUT2D eigenvalue weighted by Gasteiger charge is -2.24. The molecular weight excluding hydrogens is 303 g/mol. The summed E-state index contributed by atoms with van der Waals surface area (Å²) in [6, 6.07) is 6.92. The van der Waals surface area contributed by atoms with Crippen LogP contribution in [0.15, 0.2) is 35.9 Å². The fraction of sp³-hybridized carbons (Fsp3) is 0.550. The highest BCUT2D eigenvalue weighted by molar-refractivity contribution is 5.78. The topological polar surface area (TPSA) is 32.3 Å². The number of benzene rings is 1. The lowest BCUT2D eigenvalue weighted by molar-refractivity contribution is -0.122. The molecule has 2 aliphatic rings. The predicted octanol–water partition coefficient (Wildman–Crippen LogP) is 3.97. The monoisotopic (exact) mass is 330 g/mol. The molecule has 1 unspecified atom stereocenters. The summed E-state index contributed by atoms with van der Waals surface area (Å²) in [5.41, 5.74) is 2.60. The van der Waals surface area contributed by atoms with E-state index in [0.717, 1.165) is 37.9 Å². The quantitative estimate of drug-likeness (QED) is 0.801. The summed E-state index contributed by atoms with van der Waals surface area (Å²) >= 11 is 0. The molecular formula is C20H27FN2O. The molecule has 24 heavy (non-hydrogen) atoms. The van der Waals surface area contributed by atoms with Crippen LogP contribution < -0.4 is 5.32 Å². The molecule has 1 heterocycles. The van der Waals surface area contributed by atoms with Gasteiger partial charge >= 0.3 is 0 Å². The maximum atomic E-state index is 13.1. The summed E-state index contributed by atoms with van der Waals surface area (Å²) < 4.78 is 13.1. The number of halogens is 1. The van der Waals surface area contributed by atoms with E-state index >= 15 is 0 Å². The summed E-state index contributed by atoms with van der Waals surface area (Å²) in [5, 5.41) is 3.06. The minimum absolute atomic E-state index is 0.0976. The summed E-state index contributed by atoms with van der Waals surface area (Å²) in [6.07, 6.45) is 10.4. The van der Waals surface area contributed by atoms with E-state index in [9.17, 15) is 9.18 Å². The Morgan fingerprint density at radius 3 is 2.79 bits per heavy atom. The molecule has 1 aliphatic carbocycles. The zero-order valence-electron chi connectivity index (χ0n) is 14.3. The smallest absolute Gasteiger partial charge is 0.234 e. The Kier molecular flexibility index (Phi) is 6.02. The molecule has 1 aromatic carbocycles. The fourth-order valence-electron chi connectivity index (χ4n) is 3.81. The zero-order chi connectivity index (χ0) is 16.8. The average molecular weight is 330 g/mol. The third kappa shape index (κ3) is 4.67. The van der Waals surface area contributed by atoms with Gasteiger partial charge < -0.3 is 5.32 Å². The van der Waals surface area contributed by atoms with Crippen molar-refractivity contribution in [2.75, 3.05) is 19.6 Å². The number of rotatable bonds is 6. The van der Waals surface area contributed by atoms with Crippen LogP contribution in [0.3, 0.4) is 0 Å². The van der Waals surface area contributed by atoms with E-state index in [1.165, 1.54) is 43.4 Å². The number of likely N-dealkylation sites (tertiary alicyclic amines) is 1. The predicted molar refractivity (Wildman–Crippen MR) is 94.1 cm³/mol. The molecule has 1 aromatic rings. The molecule has 3 nitrogen and oxygen atoms in total. The highest BCUT2D eigenvalue weighted by Gasteiger charge is 2.27. The van der Waals surface area contributed by atoms with Gasteiger partial charge in [0.25, 0.3) is 0 Å². The zero-order valence-corrected chi connectivity index (χ0v) is 14.3. The van der Waals surface area contributed by atoms with E-state index in [0.29, 0.717) is 6.54 Å². The summed E-state index contributed by atoms with van der Waals surface area (Å²) in [5.74, 6) is -0.113. The van der Waals surface area contributed by atoms with Crippen molar-refractivity contribution in [2.24, 2.45) is 0 Å². The number of allylic oxidation sites excluding steroid dienone is 1. The number of hydrogen-bond donors (Lipinski definition) is 1. The second-order valence-electron chi connectivity index (χ2n) is 6.89. The second kappa shape index (κ2) is 8.43. The van der Waals surface area contributed by atoms with Crippen molar-refractivity contribution >= 4 is 5.91 Å². The summed E-state index contributed by atoms with van der Waals surface area (Å²) in [6.45, 7) is 2.10. The fourth-order valence-corrected chi connectivity index (χ4v) is 3.81. The van der Waals surface area contributed by atoms with Crippen LogP contribution >= 0.6 is 0 Å². The Morgan fingerprint density at radius 2 is 2.04 bits per heavy atom. The molecule has 0 saturated carbocycles. The molecule has 1 amide bonds. The van der Waals surface area contributed by atoms with Gasteiger partial charge in [-0.3, -0.25) is 9.69 Å². The lowest BCUT2D eigenvalue weighted by Crippen LogP contribution is -2.37. The molecule has 0 aromatic heterocycles. The molecule has 4 heteroatoms. The van der Waals surface area contributed by atoms with Gasteiger partial charge in [-0.2, -0.15) is 0 Å². The van der Waals surface area contributed by atoms with Gasteiger partial charge in [-0.15, -0.1) is 0 Å². The lowest BCUT2D eigenvalue weighted by atomic mass is 9.97. The Balaban J connectivity index is 1.46. The van der Waals surface area contributed by atoms with Crippen molar-refractivity contribution in [1.82, 2.24) is 10.2 Å². The normalized spacial score (nSPS) is 21.5. The number of nitrogens with one attached hydrogen (secondary N) is 1. The van der Waals surface area contributed by atoms with Crippen LogP contribution in [0.5, 0.6) is 0 Å². The van der Waals surface area contributed by atoms with Crippen LogP contribution in [0.1, 0.15) is 56.6 Å². The molecule has 0 spiro atoms. The molecule has 3 rings (SSSR count).